The monoisotopic (exact) mass is 325 g/mol. The number of fused-ring (bicyclic) bond motifs is 3. The predicted molar refractivity (Wildman–Crippen MR) is 100 cm³/mol. The molecule has 3 aromatic rings. The third kappa shape index (κ3) is 2.06. The maximum absolute atomic E-state index is 9.63. The molecule has 4 rings (SSSR count). The molecule has 2 nitrogen and oxygen atoms in total. The standard InChI is InChI=1S/C23H21N2/c1-15-11-12-17-21-16(14-24)8-7-9-18(21)23(2,3)22(17)20(15)19-10-5-6-13-25(19)4/h5-13H,1-4H3/q+1. The minimum absolute atomic E-state index is 0.137. The van der Waals surface area contributed by atoms with Crippen molar-refractivity contribution in [1.29, 1.82) is 5.26 Å². The van der Waals surface area contributed by atoms with Crippen LogP contribution in [-0.2, 0) is 12.5 Å². The third-order valence-corrected chi connectivity index (χ3v) is 5.48. The molecule has 1 heterocycles. The van der Waals surface area contributed by atoms with Gasteiger partial charge in [0.2, 0.25) is 5.69 Å². The highest BCUT2D eigenvalue weighted by Crippen LogP contribution is 2.53. The van der Waals surface area contributed by atoms with Crippen molar-refractivity contribution in [3.05, 3.63) is 77.0 Å². The summed E-state index contributed by atoms with van der Waals surface area (Å²) >= 11 is 0. The number of pyridine rings is 1. The topological polar surface area (TPSA) is 27.7 Å². The smallest absolute Gasteiger partial charge is 0.201 e. The molecule has 2 heteroatoms. The molecule has 0 spiro atoms. The molecule has 122 valence electrons. The fourth-order valence-corrected chi connectivity index (χ4v) is 4.27. The molecule has 2 aromatic carbocycles. The highest BCUT2D eigenvalue weighted by molar-refractivity contribution is 5.90. The maximum Gasteiger partial charge on any atom is 0.212 e. The minimum atomic E-state index is -0.137. The Bertz CT molecular complexity index is 1050. The van der Waals surface area contributed by atoms with Crippen molar-refractivity contribution >= 4 is 0 Å². The van der Waals surface area contributed by atoms with Gasteiger partial charge in [-0.1, -0.05) is 38.1 Å². The van der Waals surface area contributed by atoms with Crippen LogP contribution in [0.4, 0.5) is 0 Å². The van der Waals surface area contributed by atoms with E-state index in [0.29, 0.717) is 0 Å². The highest BCUT2D eigenvalue weighted by atomic mass is 14.9. The highest BCUT2D eigenvalue weighted by Gasteiger charge is 2.40. The van der Waals surface area contributed by atoms with E-state index in [0.717, 1.165) is 11.1 Å². The second-order valence-electron chi connectivity index (χ2n) is 7.34. The van der Waals surface area contributed by atoms with Crippen molar-refractivity contribution < 1.29 is 4.57 Å². The number of aromatic nitrogens is 1. The van der Waals surface area contributed by atoms with E-state index in [2.05, 4.69) is 81.1 Å². The Morgan fingerprint density at radius 2 is 1.76 bits per heavy atom. The van der Waals surface area contributed by atoms with Crippen molar-refractivity contribution in [2.24, 2.45) is 7.05 Å². The first kappa shape index (κ1) is 15.6. The number of aryl methyl sites for hydroxylation is 2. The van der Waals surface area contributed by atoms with Gasteiger partial charge in [0.1, 0.15) is 7.05 Å². The first-order valence-electron chi connectivity index (χ1n) is 8.60. The average Bonchev–Trinajstić information content (AvgIpc) is 2.84. The fraction of sp³-hybridized carbons (Fsp3) is 0.217. The summed E-state index contributed by atoms with van der Waals surface area (Å²) in [5.41, 5.74) is 9.24. The van der Waals surface area contributed by atoms with Gasteiger partial charge in [0.25, 0.3) is 0 Å². The molecular weight excluding hydrogens is 304 g/mol. The van der Waals surface area contributed by atoms with E-state index in [4.69, 9.17) is 0 Å². The van der Waals surface area contributed by atoms with Gasteiger partial charge in [-0.05, 0) is 41.3 Å². The molecular formula is C23H21N2+. The fourth-order valence-electron chi connectivity index (χ4n) is 4.27. The van der Waals surface area contributed by atoms with Crippen LogP contribution < -0.4 is 4.57 Å². The number of hydrogen-bond acceptors (Lipinski definition) is 1. The normalized spacial score (nSPS) is 13.9. The van der Waals surface area contributed by atoms with Gasteiger partial charge in [0.05, 0.1) is 17.2 Å². The average molecular weight is 325 g/mol. The van der Waals surface area contributed by atoms with Crippen LogP contribution in [0.5, 0.6) is 0 Å². The lowest BCUT2D eigenvalue weighted by Crippen LogP contribution is -2.31. The lowest BCUT2D eigenvalue weighted by atomic mass is 9.78. The zero-order chi connectivity index (χ0) is 17.8. The predicted octanol–water partition coefficient (Wildman–Crippen LogP) is 4.66. The summed E-state index contributed by atoms with van der Waals surface area (Å²) in [6.45, 7) is 6.71. The summed E-state index contributed by atoms with van der Waals surface area (Å²) in [4.78, 5) is 0. The van der Waals surface area contributed by atoms with Crippen molar-refractivity contribution in [2.45, 2.75) is 26.2 Å². The number of nitriles is 1. The van der Waals surface area contributed by atoms with Crippen LogP contribution in [0.25, 0.3) is 22.4 Å². The summed E-state index contributed by atoms with van der Waals surface area (Å²) in [7, 11) is 2.09. The van der Waals surface area contributed by atoms with Crippen LogP contribution in [0.1, 0.15) is 36.1 Å². The van der Waals surface area contributed by atoms with Gasteiger partial charge >= 0.3 is 0 Å². The second-order valence-corrected chi connectivity index (χ2v) is 7.34. The van der Waals surface area contributed by atoms with Crippen LogP contribution >= 0.6 is 0 Å². The van der Waals surface area contributed by atoms with Crippen molar-refractivity contribution in [3.63, 3.8) is 0 Å². The molecule has 0 radical (unpaired) electrons. The minimum Gasteiger partial charge on any atom is -0.201 e. The Hall–Kier alpha value is -2.92. The molecule has 0 aliphatic heterocycles. The molecule has 0 fully saturated rings. The van der Waals surface area contributed by atoms with E-state index in [9.17, 15) is 5.26 Å². The lowest BCUT2D eigenvalue weighted by Gasteiger charge is -2.24. The van der Waals surface area contributed by atoms with Crippen molar-refractivity contribution in [2.75, 3.05) is 0 Å². The molecule has 0 atom stereocenters. The van der Waals surface area contributed by atoms with E-state index < -0.39 is 0 Å². The van der Waals surface area contributed by atoms with Crippen LogP contribution in [0, 0.1) is 18.3 Å². The van der Waals surface area contributed by atoms with Crippen molar-refractivity contribution in [1.82, 2.24) is 0 Å². The number of hydrogen-bond donors (Lipinski definition) is 0. The summed E-state index contributed by atoms with van der Waals surface area (Å²) in [6.07, 6.45) is 2.09. The second kappa shape index (κ2) is 5.29. The van der Waals surface area contributed by atoms with Crippen molar-refractivity contribution in [3.8, 4) is 28.5 Å². The molecule has 0 bridgehead atoms. The Morgan fingerprint density at radius 1 is 0.960 bits per heavy atom. The molecule has 0 N–H and O–H groups in total. The Morgan fingerprint density at radius 3 is 2.48 bits per heavy atom. The van der Waals surface area contributed by atoms with Gasteiger partial charge in [-0.25, -0.2) is 4.57 Å². The first-order valence-corrected chi connectivity index (χ1v) is 8.60. The molecule has 0 saturated heterocycles. The summed E-state index contributed by atoms with van der Waals surface area (Å²) in [5.74, 6) is 0. The molecule has 0 amide bonds. The molecule has 0 saturated carbocycles. The van der Waals surface area contributed by atoms with E-state index in [1.165, 1.54) is 33.5 Å². The van der Waals surface area contributed by atoms with Gasteiger partial charge in [-0.3, -0.25) is 0 Å². The molecule has 0 unspecified atom stereocenters. The quantitative estimate of drug-likeness (QED) is 0.598. The summed E-state index contributed by atoms with van der Waals surface area (Å²) < 4.78 is 2.17. The number of benzene rings is 2. The van der Waals surface area contributed by atoms with E-state index in [1.54, 1.807) is 0 Å². The van der Waals surface area contributed by atoms with Gasteiger partial charge < -0.3 is 0 Å². The van der Waals surface area contributed by atoms with Crippen LogP contribution in [0.3, 0.4) is 0 Å². The summed E-state index contributed by atoms with van der Waals surface area (Å²) in [6, 6.07) is 19.2. The van der Waals surface area contributed by atoms with Crippen LogP contribution in [0.2, 0.25) is 0 Å². The molecule has 25 heavy (non-hydrogen) atoms. The van der Waals surface area contributed by atoms with Gasteiger partial charge in [0.15, 0.2) is 6.20 Å². The van der Waals surface area contributed by atoms with Gasteiger partial charge in [-0.2, -0.15) is 5.26 Å². The first-order chi connectivity index (χ1) is 12.0. The van der Waals surface area contributed by atoms with E-state index >= 15 is 0 Å². The largest absolute Gasteiger partial charge is 0.212 e. The van der Waals surface area contributed by atoms with E-state index in [-0.39, 0.29) is 5.41 Å². The SMILES string of the molecule is Cc1ccc2c(c1-c1cccc[n+]1C)C(C)(C)c1cccc(C#N)c1-2. The van der Waals surface area contributed by atoms with Gasteiger partial charge in [0, 0.05) is 23.1 Å². The summed E-state index contributed by atoms with van der Waals surface area (Å²) in [5, 5.41) is 9.63. The molecule has 1 aromatic heterocycles. The van der Waals surface area contributed by atoms with Crippen LogP contribution in [0.15, 0.2) is 54.7 Å². The maximum atomic E-state index is 9.63. The zero-order valence-corrected chi connectivity index (χ0v) is 15.1. The Kier molecular flexibility index (Phi) is 3.30. The Labute approximate surface area is 149 Å². The molecule has 1 aliphatic rings. The third-order valence-electron chi connectivity index (χ3n) is 5.48. The number of nitrogens with zero attached hydrogens (tertiary/aromatic N) is 2. The number of rotatable bonds is 1. The van der Waals surface area contributed by atoms with Gasteiger partial charge in [-0.15, -0.1) is 0 Å². The van der Waals surface area contributed by atoms with E-state index in [1.807, 2.05) is 12.1 Å². The zero-order valence-electron chi connectivity index (χ0n) is 15.1. The Balaban J connectivity index is 2.15. The van der Waals surface area contributed by atoms with Crippen LogP contribution in [-0.4, -0.2) is 0 Å². The lowest BCUT2D eigenvalue weighted by molar-refractivity contribution is -0.660. The molecule has 1 aliphatic carbocycles.